The molecule has 0 bridgehead atoms. The summed E-state index contributed by atoms with van der Waals surface area (Å²) < 4.78 is 9.99. The van der Waals surface area contributed by atoms with Gasteiger partial charge in [0.15, 0.2) is 0 Å². The van der Waals surface area contributed by atoms with Crippen LogP contribution in [0.5, 0.6) is 0 Å². The Kier molecular flexibility index (Phi) is 2.74. The minimum absolute atomic E-state index is 0.267. The smallest absolute Gasteiger partial charge is 0.324 e. The van der Waals surface area contributed by atoms with Gasteiger partial charge in [-0.1, -0.05) is 6.58 Å². The van der Waals surface area contributed by atoms with Crippen LogP contribution in [-0.2, 0) is 4.57 Å². The molecular formula is C4H7O3P. The second-order valence-corrected chi connectivity index (χ2v) is 2.95. The summed E-state index contributed by atoms with van der Waals surface area (Å²) in [4.78, 5) is 16.3. The van der Waals surface area contributed by atoms with Gasteiger partial charge in [-0.2, -0.15) is 0 Å². The first-order chi connectivity index (χ1) is 3.56. The number of rotatable bonds is 2. The first-order valence-electron chi connectivity index (χ1n) is 1.95. The fraction of sp³-hybridized carbons (Fsp3) is 0.250. The Morgan fingerprint density at radius 1 is 1.75 bits per heavy atom. The highest BCUT2D eigenvalue weighted by Crippen LogP contribution is 2.33. The minimum atomic E-state index is -3.84. The highest BCUT2D eigenvalue weighted by Gasteiger charge is 2.07. The molecule has 2 N–H and O–H groups in total. The van der Waals surface area contributed by atoms with Gasteiger partial charge in [0.05, 0.1) is 6.16 Å². The predicted octanol–water partition coefficient (Wildman–Crippen LogP) is 0.505. The third-order valence-corrected chi connectivity index (χ3v) is 1.13. The zero-order valence-electron chi connectivity index (χ0n) is 4.24. The lowest BCUT2D eigenvalue weighted by atomic mass is 10.7. The van der Waals surface area contributed by atoms with Gasteiger partial charge >= 0.3 is 7.60 Å². The van der Waals surface area contributed by atoms with Gasteiger partial charge in [0, 0.05) is 0 Å². The van der Waals surface area contributed by atoms with E-state index in [1.54, 1.807) is 0 Å². The van der Waals surface area contributed by atoms with E-state index in [0.29, 0.717) is 0 Å². The van der Waals surface area contributed by atoms with Gasteiger partial charge in [0.1, 0.15) is 0 Å². The van der Waals surface area contributed by atoms with Crippen molar-refractivity contribution in [2.24, 2.45) is 0 Å². The van der Waals surface area contributed by atoms with Crippen molar-refractivity contribution < 1.29 is 14.4 Å². The van der Waals surface area contributed by atoms with Crippen molar-refractivity contribution in [1.29, 1.82) is 0 Å². The van der Waals surface area contributed by atoms with Crippen LogP contribution >= 0.6 is 7.60 Å². The average Bonchev–Trinajstić information content (AvgIpc) is 1.59. The maximum Gasteiger partial charge on any atom is 0.329 e. The molecule has 0 saturated carbocycles. The second-order valence-electron chi connectivity index (χ2n) is 1.26. The van der Waals surface area contributed by atoms with E-state index in [1.165, 1.54) is 6.08 Å². The largest absolute Gasteiger partial charge is 0.329 e. The molecule has 8 heavy (non-hydrogen) atoms. The fourth-order valence-corrected chi connectivity index (χ4v) is 0.550. The van der Waals surface area contributed by atoms with Gasteiger partial charge in [-0.25, -0.2) is 0 Å². The first-order valence-corrected chi connectivity index (χ1v) is 3.75. The SMILES string of the molecule is C=C=CCP(=O)(O)O. The topological polar surface area (TPSA) is 57.5 Å². The van der Waals surface area contributed by atoms with Gasteiger partial charge in [-0.05, 0) is 6.08 Å². The molecule has 0 spiro atoms. The van der Waals surface area contributed by atoms with Crippen molar-refractivity contribution in [3.05, 3.63) is 18.4 Å². The normalized spacial score (nSPS) is 10.2. The van der Waals surface area contributed by atoms with Crippen molar-refractivity contribution in [2.75, 3.05) is 6.16 Å². The fourth-order valence-electron chi connectivity index (χ4n) is 0.183. The molecule has 0 aromatic rings. The van der Waals surface area contributed by atoms with Crippen molar-refractivity contribution in [3.8, 4) is 0 Å². The Bertz CT molecular complexity index is 151. The lowest BCUT2D eigenvalue weighted by Gasteiger charge is -1.93. The van der Waals surface area contributed by atoms with Gasteiger partial charge in [-0.3, -0.25) is 4.57 Å². The van der Waals surface area contributed by atoms with E-state index in [-0.39, 0.29) is 6.16 Å². The molecule has 0 radical (unpaired) electrons. The van der Waals surface area contributed by atoms with Crippen LogP contribution in [0, 0.1) is 0 Å². The van der Waals surface area contributed by atoms with E-state index < -0.39 is 7.60 Å². The molecular weight excluding hydrogens is 127 g/mol. The highest BCUT2D eigenvalue weighted by molar-refractivity contribution is 7.51. The monoisotopic (exact) mass is 134 g/mol. The Labute approximate surface area is 47.5 Å². The first kappa shape index (κ1) is 7.67. The molecule has 0 aromatic carbocycles. The van der Waals surface area contributed by atoms with Crippen LogP contribution in [-0.4, -0.2) is 15.9 Å². The van der Waals surface area contributed by atoms with Gasteiger partial charge < -0.3 is 9.79 Å². The summed E-state index contributed by atoms with van der Waals surface area (Å²) in [5.74, 6) is 0. The van der Waals surface area contributed by atoms with Crippen molar-refractivity contribution >= 4 is 7.60 Å². The van der Waals surface area contributed by atoms with E-state index in [1.807, 2.05) is 0 Å². The van der Waals surface area contributed by atoms with E-state index in [2.05, 4.69) is 12.3 Å². The van der Waals surface area contributed by atoms with E-state index in [9.17, 15) is 4.57 Å². The van der Waals surface area contributed by atoms with Crippen LogP contribution < -0.4 is 0 Å². The Morgan fingerprint density at radius 2 is 2.25 bits per heavy atom. The van der Waals surface area contributed by atoms with E-state index in [4.69, 9.17) is 9.79 Å². The summed E-state index contributed by atoms with van der Waals surface area (Å²) in [6.07, 6.45) is 0.942. The van der Waals surface area contributed by atoms with Crippen LogP contribution in [0.3, 0.4) is 0 Å². The molecule has 0 aliphatic rings. The summed E-state index contributed by atoms with van der Waals surface area (Å²) in [5.41, 5.74) is 2.26. The van der Waals surface area contributed by atoms with Crippen molar-refractivity contribution in [3.63, 3.8) is 0 Å². The van der Waals surface area contributed by atoms with Crippen molar-refractivity contribution in [1.82, 2.24) is 0 Å². The summed E-state index contributed by atoms with van der Waals surface area (Å²) in [7, 11) is -3.84. The molecule has 0 rings (SSSR count). The van der Waals surface area contributed by atoms with Crippen LogP contribution in [0.25, 0.3) is 0 Å². The lowest BCUT2D eigenvalue weighted by Crippen LogP contribution is -1.79. The number of allylic oxidation sites excluding steroid dienone is 1. The molecule has 0 aromatic heterocycles. The average molecular weight is 134 g/mol. The second kappa shape index (κ2) is 2.85. The third kappa shape index (κ3) is 5.67. The highest BCUT2D eigenvalue weighted by atomic mass is 31.2. The quantitative estimate of drug-likeness (QED) is 0.427. The van der Waals surface area contributed by atoms with Gasteiger partial charge in [0.25, 0.3) is 0 Å². The molecule has 0 aliphatic heterocycles. The minimum Gasteiger partial charge on any atom is -0.324 e. The zero-order chi connectivity index (χ0) is 6.62. The third-order valence-electron chi connectivity index (χ3n) is 0.473. The Balaban J connectivity index is 3.74. The van der Waals surface area contributed by atoms with E-state index >= 15 is 0 Å². The standard InChI is InChI=1S/C4H7O3P/c1-2-3-4-8(5,6)7/h3H,1,4H2,(H2,5,6,7). The molecule has 0 atom stereocenters. The maximum absolute atomic E-state index is 9.99. The molecule has 0 unspecified atom stereocenters. The predicted molar refractivity (Wildman–Crippen MR) is 30.6 cm³/mol. The van der Waals surface area contributed by atoms with Crippen LogP contribution in [0.1, 0.15) is 0 Å². The molecule has 0 saturated heterocycles. The van der Waals surface area contributed by atoms with Crippen LogP contribution in [0.15, 0.2) is 18.4 Å². The van der Waals surface area contributed by atoms with Gasteiger partial charge in [0.2, 0.25) is 0 Å². The molecule has 0 heterocycles. The summed E-state index contributed by atoms with van der Waals surface area (Å²) in [6, 6.07) is 0. The zero-order valence-corrected chi connectivity index (χ0v) is 5.14. The molecule has 4 heteroatoms. The summed E-state index contributed by atoms with van der Waals surface area (Å²) >= 11 is 0. The summed E-state index contributed by atoms with van der Waals surface area (Å²) in [6.45, 7) is 3.14. The van der Waals surface area contributed by atoms with Crippen LogP contribution in [0.2, 0.25) is 0 Å². The Morgan fingerprint density at radius 3 is 2.38 bits per heavy atom. The summed E-state index contributed by atoms with van der Waals surface area (Å²) in [5, 5.41) is 0. The van der Waals surface area contributed by atoms with E-state index in [0.717, 1.165) is 0 Å². The van der Waals surface area contributed by atoms with Crippen molar-refractivity contribution in [2.45, 2.75) is 0 Å². The molecule has 0 amide bonds. The maximum atomic E-state index is 9.99. The lowest BCUT2D eigenvalue weighted by molar-refractivity contribution is 0.377. The Hall–Kier alpha value is -0.330. The van der Waals surface area contributed by atoms with Crippen LogP contribution in [0.4, 0.5) is 0 Å². The molecule has 0 aliphatic carbocycles. The molecule has 0 fully saturated rings. The van der Waals surface area contributed by atoms with Gasteiger partial charge in [-0.15, -0.1) is 5.73 Å². The number of hydrogen-bond donors (Lipinski definition) is 2. The molecule has 46 valence electrons. The number of hydrogen-bond acceptors (Lipinski definition) is 1. The molecule has 3 nitrogen and oxygen atoms in total.